The van der Waals surface area contributed by atoms with Crippen molar-refractivity contribution >= 4 is 38.3 Å². The molecule has 1 saturated heterocycles. The number of piperidine rings is 1. The van der Waals surface area contributed by atoms with Crippen molar-refractivity contribution in [2.24, 2.45) is 0 Å². The molecule has 2 aliphatic rings. The van der Waals surface area contributed by atoms with Gasteiger partial charge in [0.05, 0.1) is 25.8 Å². The van der Waals surface area contributed by atoms with Crippen LogP contribution in [0.4, 0.5) is 5.13 Å². The average molecular weight is 653 g/mol. The van der Waals surface area contributed by atoms with Gasteiger partial charge in [-0.2, -0.15) is 4.37 Å². The number of fused-ring (bicyclic) bond motifs is 1. The Balaban J connectivity index is 1.43. The first-order valence-electron chi connectivity index (χ1n) is 15.0. The lowest BCUT2D eigenvalue weighted by molar-refractivity contribution is 0.140. The zero-order valence-electron chi connectivity index (χ0n) is 25.0. The van der Waals surface area contributed by atoms with E-state index >= 15 is 0 Å². The van der Waals surface area contributed by atoms with Crippen LogP contribution < -0.4 is 13.8 Å². The van der Waals surface area contributed by atoms with Crippen LogP contribution in [0.3, 0.4) is 0 Å². The zero-order chi connectivity index (χ0) is 30.7. The molecule has 0 radical (unpaired) electrons. The van der Waals surface area contributed by atoms with Crippen molar-refractivity contribution in [3.8, 4) is 11.5 Å². The van der Waals surface area contributed by atoms with Gasteiger partial charge in [-0.1, -0.05) is 48.4 Å². The third-order valence-corrected chi connectivity index (χ3v) is 11.9. The third kappa shape index (κ3) is 6.18. The summed E-state index contributed by atoms with van der Waals surface area (Å²) >= 11 is 8.27. The zero-order valence-corrected chi connectivity index (χ0v) is 27.4. The van der Waals surface area contributed by atoms with Gasteiger partial charge in [0.2, 0.25) is 5.13 Å². The Morgan fingerprint density at radius 3 is 2.59 bits per heavy atom. The minimum absolute atomic E-state index is 0.00432. The molecule has 6 rings (SSSR count). The number of nitrogens with zero attached hydrogens (tertiary/aromatic N) is 4. The number of ether oxygens (including phenoxy) is 2. The molecule has 232 valence electrons. The molecular formula is C33H37ClN4O4S2. The number of aryl methyl sites for hydroxylation is 1. The molecule has 1 atom stereocenters. The molecule has 1 aliphatic heterocycles. The van der Waals surface area contributed by atoms with Gasteiger partial charge in [0.15, 0.2) is 0 Å². The SMILES string of the molecule is COc1ccc(CN(c2ncns2)S(=O)(=O)c2cc3c(c(CN4CCCC[C@H]4c4ccccc4)c2Cl)CCCC3)c(OC)c1. The highest BCUT2D eigenvalue weighted by molar-refractivity contribution is 7.93. The number of methoxy groups -OCH3 is 2. The molecule has 4 aromatic rings. The van der Waals surface area contributed by atoms with Crippen molar-refractivity contribution in [1.82, 2.24) is 14.3 Å². The maximum absolute atomic E-state index is 14.7. The second kappa shape index (κ2) is 13.4. The van der Waals surface area contributed by atoms with Gasteiger partial charge in [-0.25, -0.2) is 17.7 Å². The molecule has 44 heavy (non-hydrogen) atoms. The standard InChI is InChI=1S/C33H37ClN4O4S2/c1-41-26-16-15-25(30(19-26)42-2)20-38(33-35-22-36-43-33)44(39,40)31-18-24-12-6-7-13-27(24)28(32(31)34)21-37-17-9-8-14-29(37)23-10-4-3-5-11-23/h3-5,10-11,15-16,18-19,22,29H,6-9,12-14,17,20-21H2,1-2H3/t29-/m0/s1. The van der Waals surface area contributed by atoms with Crippen LogP contribution in [0.1, 0.15) is 66.0 Å². The van der Waals surface area contributed by atoms with Gasteiger partial charge in [-0.05, 0) is 85.5 Å². The number of likely N-dealkylation sites (tertiary alicyclic amines) is 1. The number of anilines is 1. The van der Waals surface area contributed by atoms with E-state index in [-0.39, 0.29) is 22.6 Å². The molecule has 0 N–H and O–H groups in total. The van der Waals surface area contributed by atoms with Gasteiger partial charge in [0.25, 0.3) is 10.0 Å². The Hall–Kier alpha value is -3.18. The number of halogens is 1. The quantitative estimate of drug-likeness (QED) is 0.179. The molecule has 0 spiro atoms. The van der Waals surface area contributed by atoms with Crippen LogP contribution in [0.5, 0.6) is 11.5 Å². The van der Waals surface area contributed by atoms with Gasteiger partial charge >= 0.3 is 0 Å². The van der Waals surface area contributed by atoms with E-state index in [9.17, 15) is 8.42 Å². The Labute approximate surface area is 268 Å². The van der Waals surface area contributed by atoms with Crippen molar-refractivity contribution in [2.45, 2.75) is 69.0 Å². The van der Waals surface area contributed by atoms with Crippen molar-refractivity contribution in [1.29, 1.82) is 0 Å². The summed E-state index contributed by atoms with van der Waals surface area (Å²) in [6.45, 7) is 1.54. The van der Waals surface area contributed by atoms with Gasteiger partial charge in [-0.3, -0.25) is 4.90 Å². The largest absolute Gasteiger partial charge is 0.497 e. The summed E-state index contributed by atoms with van der Waals surface area (Å²) in [4.78, 5) is 6.91. The topological polar surface area (TPSA) is 84.9 Å². The average Bonchev–Trinajstić information content (AvgIpc) is 3.60. The minimum atomic E-state index is -4.15. The van der Waals surface area contributed by atoms with E-state index in [1.54, 1.807) is 38.5 Å². The lowest BCUT2D eigenvalue weighted by Gasteiger charge is -2.37. The van der Waals surface area contributed by atoms with E-state index in [1.165, 1.54) is 28.2 Å². The molecule has 1 aliphatic carbocycles. The summed E-state index contributed by atoms with van der Waals surface area (Å²) in [5.41, 5.74) is 5.17. The smallest absolute Gasteiger partial charge is 0.267 e. The van der Waals surface area contributed by atoms with Crippen LogP contribution in [0, 0.1) is 0 Å². The number of aromatic nitrogens is 2. The summed E-state index contributed by atoms with van der Waals surface area (Å²) in [6.07, 6.45) is 8.53. The summed E-state index contributed by atoms with van der Waals surface area (Å²) in [7, 11) is -1.02. The predicted molar refractivity (Wildman–Crippen MR) is 174 cm³/mol. The van der Waals surface area contributed by atoms with Crippen LogP contribution in [0.15, 0.2) is 65.8 Å². The molecule has 0 amide bonds. The normalized spacial score (nSPS) is 17.2. The van der Waals surface area contributed by atoms with E-state index in [4.69, 9.17) is 21.1 Å². The van der Waals surface area contributed by atoms with Crippen molar-refractivity contribution in [3.63, 3.8) is 0 Å². The monoisotopic (exact) mass is 652 g/mol. The molecule has 1 fully saturated rings. The van der Waals surface area contributed by atoms with E-state index in [2.05, 4.69) is 38.5 Å². The molecule has 0 bridgehead atoms. The Morgan fingerprint density at radius 1 is 1.02 bits per heavy atom. The van der Waals surface area contributed by atoms with Crippen LogP contribution >= 0.6 is 23.1 Å². The highest BCUT2D eigenvalue weighted by Gasteiger charge is 2.35. The number of benzene rings is 3. The summed E-state index contributed by atoms with van der Waals surface area (Å²) in [6, 6.07) is 18.0. The van der Waals surface area contributed by atoms with Crippen LogP contribution in [0.25, 0.3) is 0 Å². The van der Waals surface area contributed by atoms with E-state index in [0.29, 0.717) is 28.6 Å². The van der Waals surface area contributed by atoms with Crippen molar-refractivity contribution in [3.05, 3.63) is 93.8 Å². The van der Waals surface area contributed by atoms with Gasteiger partial charge < -0.3 is 9.47 Å². The molecule has 1 aromatic heterocycles. The molecule has 0 saturated carbocycles. The number of rotatable bonds is 10. The first-order chi connectivity index (χ1) is 21.4. The van der Waals surface area contributed by atoms with E-state index in [0.717, 1.165) is 67.7 Å². The lowest BCUT2D eigenvalue weighted by Crippen LogP contribution is -2.34. The Kier molecular flexibility index (Phi) is 9.42. The summed E-state index contributed by atoms with van der Waals surface area (Å²) in [5, 5.41) is 0.567. The fourth-order valence-electron chi connectivity index (χ4n) is 6.51. The highest BCUT2D eigenvalue weighted by Crippen LogP contribution is 2.41. The second-order valence-electron chi connectivity index (χ2n) is 11.3. The molecule has 3 aromatic carbocycles. The highest BCUT2D eigenvalue weighted by atomic mass is 35.5. The van der Waals surface area contributed by atoms with Gasteiger partial charge in [0, 0.05) is 35.7 Å². The van der Waals surface area contributed by atoms with Crippen molar-refractivity contribution in [2.75, 3.05) is 25.1 Å². The van der Waals surface area contributed by atoms with Crippen LogP contribution in [0.2, 0.25) is 5.02 Å². The summed E-state index contributed by atoms with van der Waals surface area (Å²) < 4.78 is 45.8. The predicted octanol–water partition coefficient (Wildman–Crippen LogP) is 7.21. The van der Waals surface area contributed by atoms with Crippen LogP contribution in [-0.4, -0.2) is 43.4 Å². The third-order valence-electron chi connectivity index (χ3n) is 8.76. The Morgan fingerprint density at radius 2 is 1.84 bits per heavy atom. The first kappa shape index (κ1) is 30.8. The minimum Gasteiger partial charge on any atom is -0.497 e. The molecule has 2 heterocycles. The molecular weight excluding hydrogens is 616 g/mol. The maximum Gasteiger partial charge on any atom is 0.267 e. The molecule has 0 unspecified atom stereocenters. The van der Waals surface area contributed by atoms with E-state index < -0.39 is 10.0 Å². The second-order valence-corrected chi connectivity index (χ2v) is 14.3. The van der Waals surface area contributed by atoms with Crippen LogP contribution in [-0.2, 0) is 36.0 Å². The van der Waals surface area contributed by atoms with Gasteiger partial charge in [0.1, 0.15) is 22.7 Å². The van der Waals surface area contributed by atoms with Crippen molar-refractivity contribution < 1.29 is 17.9 Å². The fourth-order valence-corrected chi connectivity index (χ4v) is 9.31. The Bertz CT molecular complexity index is 1700. The molecule has 8 nitrogen and oxygen atoms in total. The first-order valence-corrected chi connectivity index (χ1v) is 17.6. The maximum atomic E-state index is 14.7. The fraction of sp³-hybridized carbons (Fsp3) is 0.394. The van der Waals surface area contributed by atoms with E-state index in [1.807, 2.05) is 6.07 Å². The summed E-state index contributed by atoms with van der Waals surface area (Å²) in [5.74, 6) is 1.13. The molecule has 11 heteroatoms. The number of hydrogen-bond acceptors (Lipinski definition) is 8. The number of sulfonamides is 1. The van der Waals surface area contributed by atoms with Gasteiger partial charge in [-0.15, -0.1) is 0 Å². The number of hydrogen-bond donors (Lipinski definition) is 0. The lowest BCUT2D eigenvalue weighted by atomic mass is 9.87.